The number of rotatable bonds is 3. The molecule has 0 atom stereocenters. The zero-order chi connectivity index (χ0) is 13.1. The Morgan fingerprint density at radius 3 is 2.44 bits per heavy atom. The van der Waals surface area contributed by atoms with E-state index in [9.17, 15) is 8.78 Å². The molecule has 2 aromatic rings. The molecule has 0 amide bonds. The van der Waals surface area contributed by atoms with Crippen LogP contribution in [0.15, 0.2) is 36.4 Å². The molecule has 1 N–H and O–H groups in total. The first-order valence-corrected chi connectivity index (χ1v) is 5.95. The molecular weight excluding hydrogens is 279 g/mol. The van der Waals surface area contributed by atoms with E-state index < -0.39 is 11.6 Å². The molecule has 94 valence electrons. The minimum absolute atomic E-state index is 0.216. The fourth-order valence-electron chi connectivity index (χ4n) is 1.49. The van der Waals surface area contributed by atoms with Gasteiger partial charge < -0.3 is 5.32 Å². The van der Waals surface area contributed by atoms with Crippen molar-refractivity contribution in [3.63, 3.8) is 0 Å². The van der Waals surface area contributed by atoms with Crippen LogP contribution >= 0.6 is 23.2 Å². The molecule has 0 saturated heterocycles. The van der Waals surface area contributed by atoms with Gasteiger partial charge in [-0.2, -0.15) is 0 Å². The molecule has 0 fully saturated rings. The monoisotopic (exact) mass is 287 g/mol. The zero-order valence-electron chi connectivity index (χ0n) is 9.18. The van der Waals surface area contributed by atoms with Crippen LogP contribution in [0.4, 0.5) is 14.5 Å². The lowest BCUT2D eigenvalue weighted by Gasteiger charge is -2.09. The van der Waals surface area contributed by atoms with Crippen molar-refractivity contribution in [2.24, 2.45) is 0 Å². The predicted molar refractivity (Wildman–Crippen MR) is 70.1 cm³/mol. The van der Waals surface area contributed by atoms with Gasteiger partial charge in [-0.1, -0.05) is 29.3 Å². The molecular formula is C13H9Cl2F2N. The summed E-state index contributed by atoms with van der Waals surface area (Å²) < 4.78 is 26.1. The molecule has 0 aromatic heterocycles. The third kappa shape index (κ3) is 3.12. The molecule has 5 heteroatoms. The summed E-state index contributed by atoms with van der Waals surface area (Å²) in [7, 11) is 0. The van der Waals surface area contributed by atoms with Crippen molar-refractivity contribution < 1.29 is 8.78 Å². The van der Waals surface area contributed by atoms with Gasteiger partial charge in [-0.25, -0.2) is 8.78 Å². The highest BCUT2D eigenvalue weighted by Gasteiger charge is 2.05. The maximum atomic E-state index is 13.4. The van der Waals surface area contributed by atoms with Crippen molar-refractivity contribution in [3.8, 4) is 0 Å². The van der Waals surface area contributed by atoms with Crippen LogP contribution in [0.3, 0.4) is 0 Å². The molecule has 0 aliphatic carbocycles. The SMILES string of the molecule is Fc1ccc(CNc2ccc(Cl)cc2Cl)c(F)c1. The molecule has 0 spiro atoms. The Bertz CT molecular complexity index is 521. The molecule has 0 saturated carbocycles. The molecule has 0 aliphatic heterocycles. The molecule has 0 aliphatic rings. The normalized spacial score (nSPS) is 10.4. The van der Waals surface area contributed by atoms with Crippen molar-refractivity contribution >= 4 is 28.9 Å². The minimum atomic E-state index is -0.597. The van der Waals surface area contributed by atoms with Gasteiger partial charge in [-0.15, -0.1) is 0 Å². The Morgan fingerprint density at radius 2 is 1.78 bits per heavy atom. The first-order chi connectivity index (χ1) is 8.56. The van der Waals surface area contributed by atoms with E-state index in [0.29, 0.717) is 21.3 Å². The van der Waals surface area contributed by atoms with Gasteiger partial charge in [0.15, 0.2) is 0 Å². The summed E-state index contributed by atoms with van der Waals surface area (Å²) in [4.78, 5) is 0. The van der Waals surface area contributed by atoms with Crippen molar-refractivity contribution in [1.82, 2.24) is 0 Å². The van der Waals surface area contributed by atoms with E-state index in [-0.39, 0.29) is 6.54 Å². The quantitative estimate of drug-likeness (QED) is 0.848. The van der Waals surface area contributed by atoms with Crippen molar-refractivity contribution in [2.45, 2.75) is 6.54 Å². The second kappa shape index (κ2) is 5.55. The van der Waals surface area contributed by atoms with E-state index in [1.54, 1.807) is 18.2 Å². The van der Waals surface area contributed by atoms with Gasteiger partial charge in [0.05, 0.1) is 10.7 Å². The maximum Gasteiger partial charge on any atom is 0.131 e. The fraction of sp³-hybridized carbons (Fsp3) is 0.0769. The average molecular weight is 288 g/mol. The van der Waals surface area contributed by atoms with E-state index in [1.165, 1.54) is 12.1 Å². The summed E-state index contributed by atoms with van der Waals surface area (Å²) in [5.41, 5.74) is 1.01. The van der Waals surface area contributed by atoms with Crippen LogP contribution in [0.2, 0.25) is 10.0 Å². The van der Waals surface area contributed by atoms with Crippen molar-refractivity contribution in [3.05, 3.63) is 63.6 Å². The Labute approximate surface area is 113 Å². The Hall–Kier alpha value is -1.32. The largest absolute Gasteiger partial charge is 0.380 e. The highest BCUT2D eigenvalue weighted by Crippen LogP contribution is 2.26. The van der Waals surface area contributed by atoms with Gasteiger partial charge in [0, 0.05) is 23.2 Å². The van der Waals surface area contributed by atoms with Crippen LogP contribution in [0.1, 0.15) is 5.56 Å². The van der Waals surface area contributed by atoms with Crippen molar-refractivity contribution in [1.29, 1.82) is 0 Å². The van der Waals surface area contributed by atoms with E-state index in [2.05, 4.69) is 5.32 Å². The summed E-state index contributed by atoms with van der Waals surface area (Å²) >= 11 is 11.7. The van der Waals surface area contributed by atoms with E-state index in [4.69, 9.17) is 23.2 Å². The topological polar surface area (TPSA) is 12.0 Å². The summed E-state index contributed by atoms with van der Waals surface area (Å²) in [5, 5.41) is 3.94. The van der Waals surface area contributed by atoms with Gasteiger partial charge >= 0.3 is 0 Å². The highest BCUT2D eigenvalue weighted by molar-refractivity contribution is 6.36. The van der Waals surface area contributed by atoms with Gasteiger partial charge in [-0.05, 0) is 24.3 Å². The lowest BCUT2D eigenvalue weighted by molar-refractivity contribution is 0.574. The van der Waals surface area contributed by atoms with E-state index in [1.807, 2.05) is 0 Å². The van der Waals surface area contributed by atoms with Crippen LogP contribution in [-0.2, 0) is 6.54 Å². The van der Waals surface area contributed by atoms with E-state index >= 15 is 0 Å². The zero-order valence-corrected chi connectivity index (χ0v) is 10.7. The Balaban J connectivity index is 2.11. The first-order valence-electron chi connectivity index (χ1n) is 5.19. The maximum absolute atomic E-state index is 13.4. The second-order valence-corrected chi connectivity index (χ2v) is 4.56. The average Bonchev–Trinajstić information content (AvgIpc) is 2.30. The standard InChI is InChI=1S/C13H9Cl2F2N/c14-9-2-4-13(11(15)5-9)18-7-8-1-3-10(16)6-12(8)17/h1-6,18H,7H2. The smallest absolute Gasteiger partial charge is 0.131 e. The molecule has 1 nitrogen and oxygen atoms in total. The summed E-state index contributed by atoms with van der Waals surface area (Å²) in [5.74, 6) is -1.19. The Kier molecular flexibility index (Phi) is 4.04. The molecule has 0 radical (unpaired) electrons. The molecule has 0 bridgehead atoms. The van der Waals surface area contributed by atoms with Gasteiger partial charge in [0.2, 0.25) is 0 Å². The number of anilines is 1. The third-order valence-electron chi connectivity index (χ3n) is 2.42. The molecule has 18 heavy (non-hydrogen) atoms. The number of halogens is 4. The molecule has 2 aromatic carbocycles. The first kappa shape index (κ1) is 13.1. The van der Waals surface area contributed by atoms with Crippen LogP contribution in [-0.4, -0.2) is 0 Å². The molecule has 0 unspecified atom stereocenters. The number of hydrogen-bond donors (Lipinski definition) is 1. The summed E-state index contributed by atoms with van der Waals surface area (Å²) in [6.07, 6.45) is 0. The second-order valence-electron chi connectivity index (χ2n) is 3.71. The lowest BCUT2D eigenvalue weighted by Crippen LogP contribution is -2.02. The lowest BCUT2D eigenvalue weighted by atomic mass is 10.2. The van der Waals surface area contributed by atoms with Crippen molar-refractivity contribution in [2.75, 3.05) is 5.32 Å². The number of hydrogen-bond acceptors (Lipinski definition) is 1. The van der Waals surface area contributed by atoms with Crippen LogP contribution in [0.25, 0.3) is 0 Å². The van der Waals surface area contributed by atoms with Gasteiger partial charge in [0.1, 0.15) is 11.6 Å². The Morgan fingerprint density at radius 1 is 1.00 bits per heavy atom. The molecule has 0 heterocycles. The predicted octanol–water partition coefficient (Wildman–Crippen LogP) is 4.88. The van der Waals surface area contributed by atoms with Gasteiger partial charge in [0.25, 0.3) is 0 Å². The minimum Gasteiger partial charge on any atom is -0.380 e. The highest BCUT2D eigenvalue weighted by atomic mass is 35.5. The molecule has 2 rings (SSSR count). The fourth-order valence-corrected chi connectivity index (χ4v) is 1.96. The van der Waals surface area contributed by atoms with Crippen LogP contribution in [0.5, 0.6) is 0 Å². The number of benzene rings is 2. The third-order valence-corrected chi connectivity index (χ3v) is 2.96. The summed E-state index contributed by atoms with van der Waals surface area (Å²) in [6.45, 7) is 0.216. The summed E-state index contributed by atoms with van der Waals surface area (Å²) in [6, 6.07) is 8.42. The number of nitrogens with one attached hydrogen (secondary N) is 1. The van der Waals surface area contributed by atoms with Gasteiger partial charge in [-0.3, -0.25) is 0 Å². The van der Waals surface area contributed by atoms with Crippen LogP contribution in [0, 0.1) is 11.6 Å². The van der Waals surface area contributed by atoms with Crippen LogP contribution < -0.4 is 5.32 Å². The van der Waals surface area contributed by atoms with E-state index in [0.717, 1.165) is 6.07 Å².